The van der Waals surface area contributed by atoms with E-state index in [0.717, 1.165) is 96.2 Å². The van der Waals surface area contributed by atoms with Gasteiger partial charge in [0.2, 0.25) is 5.91 Å². The van der Waals surface area contributed by atoms with Gasteiger partial charge in [-0.15, -0.1) is 0 Å². The SMILES string of the molecule is O=C(CCCN1CCOCC1)N1C[C@@H]2C[C@H](C1)c1ccc(CN3CCCC3)c(=O)n1C2. The molecule has 0 spiro atoms. The van der Waals surface area contributed by atoms with Crippen molar-refractivity contribution in [2.45, 2.75) is 51.1 Å². The number of piperidine rings is 1. The van der Waals surface area contributed by atoms with Crippen LogP contribution in [0, 0.1) is 5.92 Å². The summed E-state index contributed by atoms with van der Waals surface area (Å²) in [5.74, 6) is 0.975. The zero-order valence-corrected chi connectivity index (χ0v) is 18.6. The van der Waals surface area contributed by atoms with E-state index < -0.39 is 0 Å². The Morgan fingerprint density at radius 3 is 2.61 bits per heavy atom. The predicted octanol–water partition coefficient (Wildman–Crippen LogP) is 1.50. The van der Waals surface area contributed by atoms with Crippen molar-refractivity contribution in [1.29, 1.82) is 0 Å². The fraction of sp³-hybridized carbons (Fsp3) is 0.750. The Balaban J connectivity index is 1.20. The molecule has 7 nitrogen and oxygen atoms in total. The van der Waals surface area contributed by atoms with Crippen LogP contribution in [0.15, 0.2) is 16.9 Å². The maximum Gasteiger partial charge on any atom is 0.255 e. The number of amides is 1. The second-order valence-corrected chi connectivity index (χ2v) is 9.84. The summed E-state index contributed by atoms with van der Waals surface area (Å²) in [4.78, 5) is 32.9. The highest BCUT2D eigenvalue weighted by molar-refractivity contribution is 5.76. The largest absolute Gasteiger partial charge is 0.379 e. The Morgan fingerprint density at radius 2 is 1.81 bits per heavy atom. The molecule has 7 heteroatoms. The molecule has 1 aromatic heterocycles. The van der Waals surface area contributed by atoms with Crippen LogP contribution in [0.2, 0.25) is 0 Å². The van der Waals surface area contributed by atoms with E-state index in [-0.39, 0.29) is 11.5 Å². The molecule has 0 N–H and O–H groups in total. The zero-order chi connectivity index (χ0) is 21.2. The smallest absolute Gasteiger partial charge is 0.255 e. The molecule has 1 aromatic rings. The molecule has 5 heterocycles. The van der Waals surface area contributed by atoms with E-state index in [4.69, 9.17) is 4.74 Å². The van der Waals surface area contributed by atoms with E-state index in [1.165, 1.54) is 12.8 Å². The molecule has 31 heavy (non-hydrogen) atoms. The summed E-state index contributed by atoms with van der Waals surface area (Å²) in [5, 5.41) is 0. The lowest BCUT2D eigenvalue weighted by Gasteiger charge is -2.43. The molecule has 2 bridgehead atoms. The zero-order valence-electron chi connectivity index (χ0n) is 18.6. The van der Waals surface area contributed by atoms with E-state index in [1.54, 1.807) is 0 Å². The third-order valence-corrected chi connectivity index (χ3v) is 7.60. The lowest BCUT2D eigenvalue weighted by molar-refractivity contribution is -0.134. The first-order valence-electron chi connectivity index (χ1n) is 12.2. The van der Waals surface area contributed by atoms with Crippen molar-refractivity contribution in [1.82, 2.24) is 19.3 Å². The first-order valence-corrected chi connectivity index (χ1v) is 12.2. The van der Waals surface area contributed by atoms with Crippen molar-refractivity contribution in [2.24, 2.45) is 5.92 Å². The normalized spacial score (nSPS) is 26.8. The van der Waals surface area contributed by atoms with Crippen LogP contribution in [0.3, 0.4) is 0 Å². The van der Waals surface area contributed by atoms with Crippen LogP contribution < -0.4 is 5.56 Å². The fourth-order valence-electron chi connectivity index (χ4n) is 5.93. The number of hydrogen-bond donors (Lipinski definition) is 0. The van der Waals surface area contributed by atoms with Crippen LogP contribution in [0.4, 0.5) is 0 Å². The quantitative estimate of drug-likeness (QED) is 0.687. The van der Waals surface area contributed by atoms with Crippen LogP contribution >= 0.6 is 0 Å². The minimum Gasteiger partial charge on any atom is -0.379 e. The molecule has 0 aromatic carbocycles. The van der Waals surface area contributed by atoms with Crippen LogP contribution in [0.25, 0.3) is 0 Å². The lowest BCUT2D eigenvalue weighted by atomic mass is 9.82. The summed E-state index contributed by atoms with van der Waals surface area (Å²) in [6.07, 6.45) is 5.13. The Hall–Kier alpha value is -1.70. The second kappa shape index (κ2) is 9.43. The number of fused-ring (bicyclic) bond motifs is 4. The minimum absolute atomic E-state index is 0.199. The van der Waals surface area contributed by atoms with Gasteiger partial charge in [-0.25, -0.2) is 0 Å². The molecular formula is C24H36N4O3. The molecule has 0 radical (unpaired) electrons. The topological polar surface area (TPSA) is 58.0 Å². The third-order valence-electron chi connectivity index (χ3n) is 7.60. The maximum atomic E-state index is 13.2. The molecular weight excluding hydrogens is 392 g/mol. The molecule has 0 unspecified atom stereocenters. The first-order chi connectivity index (χ1) is 15.2. The predicted molar refractivity (Wildman–Crippen MR) is 119 cm³/mol. The van der Waals surface area contributed by atoms with Crippen molar-refractivity contribution < 1.29 is 9.53 Å². The Morgan fingerprint density at radius 1 is 1.00 bits per heavy atom. The van der Waals surface area contributed by atoms with Gasteiger partial charge in [-0.05, 0) is 57.3 Å². The monoisotopic (exact) mass is 428 g/mol. The summed E-state index contributed by atoms with van der Waals surface area (Å²) in [5.41, 5.74) is 2.27. The van der Waals surface area contributed by atoms with E-state index in [1.807, 2.05) is 4.57 Å². The number of hydrogen-bond acceptors (Lipinski definition) is 5. The number of pyridine rings is 1. The van der Waals surface area contributed by atoms with Gasteiger partial charge in [-0.1, -0.05) is 6.07 Å². The van der Waals surface area contributed by atoms with E-state index in [0.29, 0.717) is 18.3 Å². The van der Waals surface area contributed by atoms with Gasteiger partial charge in [0.15, 0.2) is 0 Å². The third kappa shape index (κ3) is 4.73. The second-order valence-electron chi connectivity index (χ2n) is 9.84. The molecule has 3 saturated heterocycles. The molecule has 0 aliphatic carbocycles. The van der Waals surface area contributed by atoms with Crippen LogP contribution in [-0.2, 0) is 22.6 Å². The first kappa shape index (κ1) is 21.2. The number of aromatic nitrogens is 1. The van der Waals surface area contributed by atoms with Gasteiger partial charge in [-0.2, -0.15) is 0 Å². The molecule has 1 amide bonds. The molecule has 3 fully saturated rings. The van der Waals surface area contributed by atoms with E-state index >= 15 is 0 Å². The van der Waals surface area contributed by atoms with Gasteiger partial charge in [0.05, 0.1) is 13.2 Å². The molecule has 0 saturated carbocycles. The standard InChI is InChI=1S/C24H36N4O3/c29-23(4-3-9-25-10-12-31-13-11-25)27-15-19-14-21(18-27)22-6-5-20(24(30)28(22)16-19)17-26-7-1-2-8-26/h5-6,19,21H,1-4,7-18H2/t19-,21+/m0/s1. The summed E-state index contributed by atoms with van der Waals surface area (Å²) in [6.45, 7) is 9.87. The number of rotatable bonds is 6. The van der Waals surface area contributed by atoms with Crippen molar-refractivity contribution in [3.8, 4) is 0 Å². The maximum absolute atomic E-state index is 13.2. The van der Waals surface area contributed by atoms with Crippen molar-refractivity contribution >= 4 is 5.91 Å². The summed E-state index contributed by atoms with van der Waals surface area (Å²) in [7, 11) is 0. The summed E-state index contributed by atoms with van der Waals surface area (Å²) < 4.78 is 7.43. The minimum atomic E-state index is 0.199. The van der Waals surface area contributed by atoms with Crippen LogP contribution in [0.1, 0.15) is 49.3 Å². The highest BCUT2D eigenvalue weighted by Crippen LogP contribution is 2.35. The molecule has 2 atom stereocenters. The number of carbonyl (C=O) groups is 1. The van der Waals surface area contributed by atoms with Gasteiger partial charge in [-0.3, -0.25) is 19.4 Å². The number of morpholine rings is 1. The molecule has 5 rings (SSSR count). The highest BCUT2D eigenvalue weighted by Gasteiger charge is 2.36. The van der Waals surface area contributed by atoms with E-state index in [9.17, 15) is 9.59 Å². The van der Waals surface area contributed by atoms with Gasteiger partial charge < -0.3 is 14.2 Å². The van der Waals surface area contributed by atoms with Crippen molar-refractivity contribution in [3.63, 3.8) is 0 Å². The summed E-state index contributed by atoms with van der Waals surface area (Å²) >= 11 is 0. The Bertz CT molecular complexity index is 842. The number of ether oxygens (including phenoxy) is 1. The van der Waals surface area contributed by atoms with Crippen LogP contribution in [0.5, 0.6) is 0 Å². The molecule has 4 aliphatic heterocycles. The van der Waals surface area contributed by atoms with E-state index in [2.05, 4.69) is 26.8 Å². The Labute approximate surface area is 184 Å². The number of likely N-dealkylation sites (tertiary alicyclic amines) is 2. The van der Waals surface area contributed by atoms with Crippen molar-refractivity contribution in [2.75, 3.05) is 59.0 Å². The number of nitrogens with zero attached hydrogens (tertiary/aromatic N) is 4. The average molecular weight is 429 g/mol. The van der Waals surface area contributed by atoms with Gasteiger partial charge >= 0.3 is 0 Å². The fourth-order valence-corrected chi connectivity index (χ4v) is 5.93. The average Bonchev–Trinajstić information content (AvgIpc) is 3.30. The van der Waals surface area contributed by atoms with Gasteiger partial charge in [0.1, 0.15) is 0 Å². The molecule has 4 aliphatic rings. The Kier molecular flexibility index (Phi) is 6.44. The number of carbonyl (C=O) groups excluding carboxylic acids is 1. The summed E-state index contributed by atoms with van der Waals surface area (Å²) in [6, 6.07) is 4.22. The van der Waals surface area contributed by atoms with Gasteiger partial charge in [0, 0.05) is 62.9 Å². The molecule has 170 valence electrons. The van der Waals surface area contributed by atoms with Gasteiger partial charge in [0.25, 0.3) is 5.56 Å². The highest BCUT2D eigenvalue weighted by atomic mass is 16.5. The van der Waals surface area contributed by atoms with Crippen molar-refractivity contribution in [3.05, 3.63) is 33.7 Å². The lowest BCUT2D eigenvalue weighted by Crippen LogP contribution is -2.49. The van der Waals surface area contributed by atoms with Crippen LogP contribution in [-0.4, -0.2) is 84.2 Å².